The molecule has 0 atom stereocenters. The molecular weight excluding hydrogens is 260 g/mol. The minimum atomic E-state index is -3.22. The third kappa shape index (κ3) is 5.20. The van der Waals surface area contributed by atoms with Crippen LogP contribution < -0.4 is 9.62 Å². The van der Waals surface area contributed by atoms with Gasteiger partial charge in [-0.3, -0.25) is 4.31 Å². The summed E-state index contributed by atoms with van der Waals surface area (Å²) in [6.45, 7) is 6.11. The van der Waals surface area contributed by atoms with E-state index in [2.05, 4.69) is 12.2 Å². The highest BCUT2D eigenvalue weighted by atomic mass is 32.2. The molecule has 1 rings (SSSR count). The van der Waals surface area contributed by atoms with E-state index in [1.807, 2.05) is 37.3 Å². The number of nitrogens with zero attached hydrogens (tertiary/aromatic N) is 1. The van der Waals surface area contributed by atoms with Crippen molar-refractivity contribution in [2.24, 2.45) is 0 Å². The van der Waals surface area contributed by atoms with Gasteiger partial charge in [0.2, 0.25) is 10.0 Å². The number of benzene rings is 1. The van der Waals surface area contributed by atoms with Gasteiger partial charge >= 0.3 is 0 Å². The van der Waals surface area contributed by atoms with Crippen molar-refractivity contribution in [3.8, 4) is 0 Å². The Hall–Kier alpha value is -1.07. The zero-order chi connectivity index (χ0) is 14.1. The lowest BCUT2D eigenvalue weighted by Gasteiger charge is -2.22. The smallest absolute Gasteiger partial charge is 0.235 e. The van der Waals surface area contributed by atoms with Crippen LogP contribution >= 0.6 is 0 Å². The molecule has 0 aliphatic carbocycles. The van der Waals surface area contributed by atoms with Crippen molar-refractivity contribution in [2.45, 2.75) is 26.7 Å². The molecule has 0 aliphatic rings. The molecule has 0 saturated heterocycles. The lowest BCUT2D eigenvalue weighted by Crippen LogP contribution is -2.33. The molecule has 0 spiro atoms. The molecule has 1 aromatic rings. The van der Waals surface area contributed by atoms with E-state index in [0.29, 0.717) is 13.0 Å². The van der Waals surface area contributed by atoms with Crippen molar-refractivity contribution in [1.29, 1.82) is 0 Å². The molecule has 4 nitrogen and oxygen atoms in total. The maximum atomic E-state index is 12.3. The molecule has 0 saturated carbocycles. The van der Waals surface area contributed by atoms with Gasteiger partial charge in [-0.25, -0.2) is 8.42 Å². The maximum Gasteiger partial charge on any atom is 0.235 e. The lowest BCUT2D eigenvalue weighted by atomic mass is 10.3. The summed E-state index contributed by atoms with van der Waals surface area (Å²) in [7, 11) is -3.22. The Bertz CT molecular complexity index is 446. The first-order valence-corrected chi connectivity index (χ1v) is 8.49. The van der Waals surface area contributed by atoms with Crippen LogP contribution in [0.5, 0.6) is 0 Å². The van der Waals surface area contributed by atoms with Gasteiger partial charge in [-0.05, 0) is 45.0 Å². The van der Waals surface area contributed by atoms with Crippen LogP contribution in [0.25, 0.3) is 0 Å². The van der Waals surface area contributed by atoms with E-state index in [1.165, 1.54) is 4.31 Å². The molecular formula is C14H24N2O2S. The van der Waals surface area contributed by atoms with Gasteiger partial charge in [-0.15, -0.1) is 0 Å². The van der Waals surface area contributed by atoms with Crippen molar-refractivity contribution in [1.82, 2.24) is 5.32 Å². The summed E-state index contributed by atoms with van der Waals surface area (Å²) in [6, 6.07) is 9.26. The van der Waals surface area contributed by atoms with Gasteiger partial charge in [0.15, 0.2) is 0 Å². The molecule has 0 bridgehead atoms. The summed E-state index contributed by atoms with van der Waals surface area (Å²) in [5.74, 6) is 0.187. The number of sulfonamides is 1. The second-order valence-electron chi connectivity index (χ2n) is 4.42. The fourth-order valence-corrected chi connectivity index (χ4v) is 3.49. The molecule has 0 unspecified atom stereocenters. The minimum Gasteiger partial charge on any atom is -0.317 e. The predicted octanol–water partition coefficient (Wildman–Crippen LogP) is 2.23. The molecule has 0 heterocycles. The highest BCUT2D eigenvalue weighted by Crippen LogP contribution is 2.17. The van der Waals surface area contributed by atoms with Crippen LogP contribution in [-0.4, -0.2) is 33.8 Å². The number of nitrogens with one attached hydrogen (secondary N) is 1. The molecule has 0 fully saturated rings. The van der Waals surface area contributed by atoms with Crippen molar-refractivity contribution >= 4 is 15.7 Å². The number of hydrogen-bond donors (Lipinski definition) is 1. The van der Waals surface area contributed by atoms with Gasteiger partial charge in [-0.2, -0.15) is 0 Å². The first-order chi connectivity index (χ1) is 9.11. The lowest BCUT2D eigenvalue weighted by molar-refractivity contribution is 0.584. The summed E-state index contributed by atoms with van der Waals surface area (Å²) in [4.78, 5) is 0. The average Bonchev–Trinajstić information content (AvgIpc) is 2.40. The van der Waals surface area contributed by atoms with E-state index in [0.717, 1.165) is 25.2 Å². The van der Waals surface area contributed by atoms with Crippen molar-refractivity contribution in [3.05, 3.63) is 30.3 Å². The molecule has 5 heteroatoms. The molecule has 19 heavy (non-hydrogen) atoms. The quantitative estimate of drug-likeness (QED) is 0.707. The monoisotopic (exact) mass is 284 g/mol. The van der Waals surface area contributed by atoms with Crippen LogP contribution in [0.15, 0.2) is 30.3 Å². The summed E-state index contributed by atoms with van der Waals surface area (Å²) in [5.41, 5.74) is 0.742. The fraction of sp³-hybridized carbons (Fsp3) is 0.571. The third-order valence-corrected chi connectivity index (χ3v) is 4.79. The first-order valence-electron chi connectivity index (χ1n) is 6.88. The molecule has 0 radical (unpaired) electrons. The van der Waals surface area contributed by atoms with Gasteiger partial charge in [-0.1, -0.05) is 25.1 Å². The SMILES string of the molecule is CCCNCCCS(=O)(=O)N(CC)c1ccccc1. The van der Waals surface area contributed by atoms with E-state index in [1.54, 1.807) is 0 Å². The van der Waals surface area contributed by atoms with Gasteiger partial charge < -0.3 is 5.32 Å². The van der Waals surface area contributed by atoms with E-state index >= 15 is 0 Å². The summed E-state index contributed by atoms with van der Waals surface area (Å²) < 4.78 is 26.1. The van der Waals surface area contributed by atoms with E-state index in [-0.39, 0.29) is 5.75 Å². The van der Waals surface area contributed by atoms with Gasteiger partial charge in [0.05, 0.1) is 11.4 Å². The largest absolute Gasteiger partial charge is 0.317 e. The van der Waals surface area contributed by atoms with E-state index in [9.17, 15) is 8.42 Å². The second-order valence-corrected chi connectivity index (χ2v) is 6.43. The molecule has 108 valence electrons. The number of para-hydroxylation sites is 1. The van der Waals surface area contributed by atoms with E-state index in [4.69, 9.17) is 0 Å². The average molecular weight is 284 g/mol. The Balaban J connectivity index is 2.59. The van der Waals surface area contributed by atoms with Gasteiger partial charge in [0, 0.05) is 6.54 Å². The Morgan fingerprint density at radius 2 is 1.79 bits per heavy atom. The van der Waals surface area contributed by atoms with Crippen LogP contribution in [0.4, 0.5) is 5.69 Å². The zero-order valence-corrected chi connectivity index (χ0v) is 12.6. The standard InChI is InChI=1S/C14H24N2O2S/c1-3-11-15-12-8-13-19(17,18)16(4-2)14-9-6-5-7-10-14/h5-7,9-10,15H,3-4,8,11-13H2,1-2H3. The predicted molar refractivity (Wildman–Crippen MR) is 81.0 cm³/mol. The number of hydrogen-bond acceptors (Lipinski definition) is 3. The normalized spacial score (nSPS) is 11.5. The Morgan fingerprint density at radius 3 is 2.37 bits per heavy atom. The summed E-state index contributed by atoms with van der Waals surface area (Å²) in [6.07, 6.45) is 1.71. The van der Waals surface area contributed by atoms with Crippen LogP contribution in [0.1, 0.15) is 26.7 Å². The Kier molecular flexibility index (Phi) is 6.87. The minimum absolute atomic E-state index is 0.187. The zero-order valence-electron chi connectivity index (χ0n) is 11.8. The summed E-state index contributed by atoms with van der Waals surface area (Å²) >= 11 is 0. The molecule has 1 N–H and O–H groups in total. The molecule has 0 aromatic heterocycles. The van der Waals surface area contributed by atoms with Crippen molar-refractivity contribution < 1.29 is 8.42 Å². The Labute approximate surface area is 116 Å². The van der Waals surface area contributed by atoms with Crippen LogP contribution in [0, 0.1) is 0 Å². The second kappa shape index (κ2) is 8.17. The molecule has 0 aliphatic heterocycles. The molecule has 1 aromatic carbocycles. The van der Waals surface area contributed by atoms with Crippen LogP contribution in [0.2, 0.25) is 0 Å². The van der Waals surface area contributed by atoms with Crippen LogP contribution in [0.3, 0.4) is 0 Å². The van der Waals surface area contributed by atoms with Gasteiger partial charge in [0.1, 0.15) is 0 Å². The van der Waals surface area contributed by atoms with Gasteiger partial charge in [0.25, 0.3) is 0 Å². The van der Waals surface area contributed by atoms with Crippen molar-refractivity contribution in [2.75, 3.05) is 29.7 Å². The highest BCUT2D eigenvalue weighted by Gasteiger charge is 2.19. The van der Waals surface area contributed by atoms with Crippen LogP contribution in [-0.2, 0) is 10.0 Å². The third-order valence-electron chi connectivity index (χ3n) is 2.85. The fourth-order valence-electron chi connectivity index (χ4n) is 1.93. The highest BCUT2D eigenvalue weighted by molar-refractivity contribution is 7.92. The number of anilines is 1. The van der Waals surface area contributed by atoms with Crippen molar-refractivity contribution in [3.63, 3.8) is 0 Å². The van der Waals surface area contributed by atoms with E-state index < -0.39 is 10.0 Å². The molecule has 0 amide bonds. The Morgan fingerprint density at radius 1 is 1.11 bits per heavy atom. The topological polar surface area (TPSA) is 49.4 Å². The number of rotatable bonds is 9. The summed E-state index contributed by atoms with van der Waals surface area (Å²) in [5, 5.41) is 3.22. The maximum absolute atomic E-state index is 12.3. The first kappa shape index (κ1) is 16.0.